The van der Waals surface area contributed by atoms with Gasteiger partial charge >= 0.3 is 6.18 Å². The van der Waals surface area contributed by atoms with E-state index in [0.717, 1.165) is 43.1 Å². The first-order valence-electron chi connectivity index (χ1n) is 13.0. The normalized spacial score (nSPS) is 16.5. The second-order valence-electron chi connectivity index (χ2n) is 9.79. The van der Waals surface area contributed by atoms with Crippen molar-refractivity contribution in [1.29, 1.82) is 0 Å². The molecule has 14 heteroatoms. The minimum Gasteiger partial charge on any atom is -0.454 e. The van der Waals surface area contributed by atoms with Crippen molar-refractivity contribution in [2.75, 3.05) is 28.5 Å². The lowest BCUT2D eigenvalue weighted by Crippen LogP contribution is -2.52. The van der Waals surface area contributed by atoms with Gasteiger partial charge in [-0.3, -0.25) is 23.5 Å². The van der Waals surface area contributed by atoms with Crippen LogP contribution in [0.2, 0.25) is 5.02 Å². The van der Waals surface area contributed by atoms with Gasteiger partial charge in [-0.05, 0) is 50.1 Å². The number of halogens is 4. The van der Waals surface area contributed by atoms with Crippen LogP contribution >= 0.6 is 11.6 Å². The molecule has 9 nitrogen and oxygen atoms in total. The minimum atomic E-state index is -4.81. The van der Waals surface area contributed by atoms with E-state index in [1.807, 2.05) is 0 Å². The van der Waals surface area contributed by atoms with E-state index in [1.165, 1.54) is 19.1 Å². The molecular weight excluding hydrogens is 587 g/mol. The number of carbonyl (C=O) groups excluding carboxylic acids is 3. The van der Waals surface area contributed by atoms with Crippen LogP contribution in [-0.4, -0.2) is 52.3 Å². The highest BCUT2D eigenvalue weighted by atomic mass is 35.5. The summed E-state index contributed by atoms with van der Waals surface area (Å²) >= 11 is 5.76. The van der Waals surface area contributed by atoms with E-state index in [0.29, 0.717) is 23.3 Å². The number of fused-ring (bicyclic) bond motifs is 1. The van der Waals surface area contributed by atoms with Crippen molar-refractivity contribution in [2.24, 2.45) is 0 Å². The van der Waals surface area contributed by atoms with Crippen LogP contribution in [0.15, 0.2) is 36.4 Å². The highest BCUT2D eigenvalue weighted by Crippen LogP contribution is 2.37. The maximum absolute atomic E-state index is 13.6. The Morgan fingerprint density at radius 1 is 1.05 bits per heavy atom. The fourth-order valence-electron chi connectivity index (χ4n) is 4.73. The van der Waals surface area contributed by atoms with E-state index in [4.69, 9.17) is 21.1 Å². The van der Waals surface area contributed by atoms with Crippen molar-refractivity contribution < 1.29 is 41.2 Å². The Morgan fingerprint density at radius 3 is 2.46 bits per heavy atom. The number of alkyl halides is 3. The third-order valence-corrected chi connectivity index (χ3v) is 8.24. The molecule has 1 heterocycles. The standard InChI is InChI=1S/C27H29ClF3N3O6S/c1-16(26(37)33-17-5-3-2-4-6-17)34(19-8-9-21(28)20(12-19)27(29,30)31)25(36)14-41(38)13-24(35)32-18-7-10-22-23(11-18)40-15-39-22/h7-12,16-17H,2-6,13-15H2,1H3,(H,32,35)(H,33,37)/t16-,41-/m1/s1. The molecule has 222 valence electrons. The zero-order valence-electron chi connectivity index (χ0n) is 22.1. The fraction of sp³-hybridized carbons (Fsp3) is 0.444. The molecule has 41 heavy (non-hydrogen) atoms. The molecule has 3 amide bonds. The number of rotatable bonds is 9. The Hall–Kier alpha value is -3.32. The molecule has 0 unspecified atom stereocenters. The molecule has 2 aliphatic rings. The average Bonchev–Trinajstić information content (AvgIpc) is 3.37. The first kappa shape index (κ1) is 30.6. The summed E-state index contributed by atoms with van der Waals surface area (Å²) in [5, 5.41) is 4.86. The van der Waals surface area contributed by atoms with E-state index in [2.05, 4.69) is 10.6 Å². The molecular formula is C27H29ClF3N3O6S. The van der Waals surface area contributed by atoms with Crippen molar-refractivity contribution in [2.45, 2.75) is 57.3 Å². The summed E-state index contributed by atoms with van der Waals surface area (Å²) in [5.74, 6) is -2.44. The summed E-state index contributed by atoms with van der Waals surface area (Å²) in [4.78, 5) is 39.9. The number of hydrogen-bond donors (Lipinski definition) is 2. The Morgan fingerprint density at radius 2 is 1.76 bits per heavy atom. The fourth-order valence-corrected chi connectivity index (χ4v) is 5.83. The summed E-state index contributed by atoms with van der Waals surface area (Å²) in [6.07, 6.45) is -0.387. The first-order chi connectivity index (χ1) is 19.4. The van der Waals surface area contributed by atoms with Crippen LogP contribution < -0.4 is 25.0 Å². The van der Waals surface area contributed by atoms with Gasteiger partial charge in [0.2, 0.25) is 24.5 Å². The van der Waals surface area contributed by atoms with Gasteiger partial charge in [0.1, 0.15) is 17.5 Å². The van der Waals surface area contributed by atoms with Gasteiger partial charge in [-0.2, -0.15) is 13.2 Å². The third kappa shape index (κ3) is 7.91. The summed E-state index contributed by atoms with van der Waals surface area (Å²) in [5.41, 5.74) is -1.06. The second kappa shape index (κ2) is 13.1. The van der Waals surface area contributed by atoms with Gasteiger partial charge in [-0.25, -0.2) is 0 Å². The topological polar surface area (TPSA) is 114 Å². The Bertz CT molecular complexity index is 1340. The van der Waals surface area contributed by atoms with Gasteiger partial charge in [0, 0.05) is 34.3 Å². The molecule has 0 aromatic heterocycles. The van der Waals surface area contributed by atoms with Crippen LogP contribution in [0.25, 0.3) is 0 Å². The molecule has 2 aromatic rings. The number of amides is 3. The third-order valence-electron chi connectivity index (χ3n) is 6.75. The molecule has 1 aliphatic carbocycles. The lowest BCUT2D eigenvalue weighted by atomic mass is 9.95. The molecule has 4 rings (SSSR count). The number of nitrogens with zero attached hydrogens (tertiary/aromatic N) is 1. The van der Waals surface area contributed by atoms with Crippen molar-refractivity contribution in [3.63, 3.8) is 0 Å². The molecule has 1 fully saturated rings. The SMILES string of the molecule is C[C@H](C(=O)NC1CCCCC1)N(C(=O)C[S@](=O)CC(=O)Nc1ccc2c(c1)OCO2)c1ccc(Cl)c(C(F)(F)F)c1. The van der Waals surface area contributed by atoms with Gasteiger partial charge in [0.05, 0.1) is 10.6 Å². The van der Waals surface area contributed by atoms with E-state index < -0.39 is 62.8 Å². The van der Waals surface area contributed by atoms with Gasteiger partial charge in [-0.1, -0.05) is 30.9 Å². The summed E-state index contributed by atoms with van der Waals surface area (Å²) in [7, 11) is -2.05. The van der Waals surface area contributed by atoms with Gasteiger partial charge in [0.25, 0.3) is 0 Å². The van der Waals surface area contributed by atoms with Gasteiger partial charge in [-0.15, -0.1) is 0 Å². The lowest BCUT2D eigenvalue weighted by molar-refractivity contribution is -0.137. The number of nitrogens with one attached hydrogen (secondary N) is 2. The van der Waals surface area contributed by atoms with Crippen LogP contribution in [0.4, 0.5) is 24.5 Å². The highest BCUT2D eigenvalue weighted by Gasteiger charge is 2.36. The number of ether oxygens (including phenoxy) is 2. The predicted octanol–water partition coefficient (Wildman–Crippen LogP) is 4.65. The lowest BCUT2D eigenvalue weighted by Gasteiger charge is -2.31. The maximum Gasteiger partial charge on any atom is 0.417 e. The highest BCUT2D eigenvalue weighted by molar-refractivity contribution is 7.86. The van der Waals surface area contributed by atoms with Crippen LogP contribution in [0.1, 0.15) is 44.6 Å². The van der Waals surface area contributed by atoms with Gasteiger partial charge < -0.3 is 20.1 Å². The monoisotopic (exact) mass is 615 g/mol. The zero-order chi connectivity index (χ0) is 29.7. The molecule has 0 bridgehead atoms. The Labute approximate surface area is 242 Å². The summed E-state index contributed by atoms with van der Waals surface area (Å²) in [6.45, 7) is 1.43. The minimum absolute atomic E-state index is 0.0462. The molecule has 0 radical (unpaired) electrons. The molecule has 2 N–H and O–H groups in total. The van der Waals surface area contributed by atoms with E-state index in [1.54, 1.807) is 12.1 Å². The smallest absolute Gasteiger partial charge is 0.417 e. The molecule has 0 spiro atoms. The molecule has 2 aromatic carbocycles. The number of hydrogen-bond acceptors (Lipinski definition) is 6. The van der Waals surface area contributed by atoms with E-state index in [9.17, 15) is 31.8 Å². The van der Waals surface area contributed by atoms with Gasteiger partial charge in [0.15, 0.2) is 11.5 Å². The van der Waals surface area contributed by atoms with Crippen LogP contribution in [0, 0.1) is 0 Å². The van der Waals surface area contributed by atoms with Crippen molar-refractivity contribution in [3.05, 3.63) is 47.0 Å². The molecule has 2 atom stereocenters. The number of anilines is 2. The number of carbonyl (C=O) groups is 3. The van der Waals surface area contributed by atoms with Crippen LogP contribution in [0.3, 0.4) is 0 Å². The first-order valence-corrected chi connectivity index (χ1v) is 14.8. The largest absolute Gasteiger partial charge is 0.454 e. The molecule has 1 aliphatic heterocycles. The summed E-state index contributed by atoms with van der Waals surface area (Å²) < 4.78 is 64.1. The maximum atomic E-state index is 13.6. The van der Waals surface area contributed by atoms with Crippen LogP contribution in [-0.2, 0) is 31.4 Å². The van der Waals surface area contributed by atoms with E-state index in [-0.39, 0.29) is 18.5 Å². The van der Waals surface area contributed by atoms with Crippen molar-refractivity contribution >= 4 is 51.5 Å². The van der Waals surface area contributed by atoms with E-state index >= 15 is 0 Å². The summed E-state index contributed by atoms with van der Waals surface area (Å²) in [6, 6.07) is 6.20. The Kier molecular flexibility index (Phi) is 9.80. The predicted molar refractivity (Wildman–Crippen MR) is 147 cm³/mol. The molecule has 1 saturated carbocycles. The molecule has 0 saturated heterocycles. The number of benzene rings is 2. The van der Waals surface area contributed by atoms with Crippen LogP contribution in [0.5, 0.6) is 11.5 Å². The second-order valence-corrected chi connectivity index (χ2v) is 11.7. The van der Waals surface area contributed by atoms with Crippen molar-refractivity contribution in [1.82, 2.24) is 5.32 Å². The quantitative estimate of drug-likeness (QED) is 0.425. The average molecular weight is 616 g/mol. The Balaban J connectivity index is 1.49. The zero-order valence-corrected chi connectivity index (χ0v) is 23.7. The van der Waals surface area contributed by atoms with Crippen molar-refractivity contribution in [3.8, 4) is 11.5 Å².